The van der Waals surface area contributed by atoms with Crippen LogP contribution < -0.4 is 0 Å². The Hall–Kier alpha value is -1.58. The third-order valence-corrected chi connectivity index (χ3v) is 1.39. The predicted octanol–water partition coefficient (Wildman–Crippen LogP) is 2.64. The van der Waals surface area contributed by atoms with Crippen LogP contribution in [0.5, 0.6) is 5.75 Å². The molecule has 13 heavy (non-hydrogen) atoms. The van der Waals surface area contributed by atoms with Crippen LogP contribution in [0.2, 0.25) is 0 Å². The Morgan fingerprint density at radius 2 is 1.92 bits per heavy atom. The van der Waals surface area contributed by atoms with Crippen LogP contribution in [0.15, 0.2) is 18.2 Å². The fraction of sp³-hybridized carbons (Fsp3) is 0.333. The number of nitrogens with zero attached hydrogens (tertiary/aromatic N) is 1. The lowest BCUT2D eigenvalue weighted by Crippen LogP contribution is -1.87. The molecule has 0 spiro atoms. The Labute approximate surface area is 77.0 Å². The standard InChI is InChI=1S/C7H7NO3.C2H6/c1-5-4-6(8(10)11)2-3-7(5)9;1-2/h2-4,9H,1H3;1-2H3. The molecule has 0 fully saturated rings. The molecule has 0 atom stereocenters. The van der Waals surface area contributed by atoms with Crippen LogP contribution >= 0.6 is 0 Å². The number of phenols is 1. The van der Waals surface area contributed by atoms with Gasteiger partial charge in [0.15, 0.2) is 0 Å². The molecule has 0 saturated heterocycles. The van der Waals surface area contributed by atoms with Gasteiger partial charge < -0.3 is 5.11 Å². The van der Waals surface area contributed by atoms with Gasteiger partial charge in [0.05, 0.1) is 4.92 Å². The smallest absolute Gasteiger partial charge is 0.269 e. The molecular weight excluding hydrogens is 170 g/mol. The van der Waals surface area contributed by atoms with E-state index < -0.39 is 4.92 Å². The van der Waals surface area contributed by atoms with E-state index in [1.54, 1.807) is 6.92 Å². The molecule has 72 valence electrons. The highest BCUT2D eigenvalue weighted by molar-refractivity contribution is 5.41. The van der Waals surface area contributed by atoms with Crippen molar-refractivity contribution in [1.82, 2.24) is 0 Å². The van der Waals surface area contributed by atoms with Crippen molar-refractivity contribution in [3.8, 4) is 5.75 Å². The molecule has 1 N–H and O–H groups in total. The summed E-state index contributed by atoms with van der Waals surface area (Å²) in [5.74, 6) is 0.0793. The molecule has 0 aliphatic heterocycles. The van der Waals surface area contributed by atoms with Gasteiger partial charge >= 0.3 is 0 Å². The van der Waals surface area contributed by atoms with Crippen molar-refractivity contribution in [2.24, 2.45) is 0 Å². The first-order valence-electron chi connectivity index (χ1n) is 4.05. The summed E-state index contributed by atoms with van der Waals surface area (Å²) in [5.41, 5.74) is 0.513. The predicted molar refractivity (Wildman–Crippen MR) is 50.8 cm³/mol. The lowest BCUT2D eigenvalue weighted by Gasteiger charge is -1.95. The Kier molecular flexibility index (Phi) is 4.51. The molecule has 4 nitrogen and oxygen atoms in total. The third-order valence-electron chi connectivity index (χ3n) is 1.39. The van der Waals surface area contributed by atoms with Gasteiger partial charge in [0.1, 0.15) is 5.75 Å². The first kappa shape index (κ1) is 11.4. The summed E-state index contributed by atoms with van der Waals surface area (Å²) < 4.78 is 0. The molecule has 1 rings (SSSR count). The number of rotatable bonds is 1. The van der Waals surface area contributed by atoms with Gasteiger partial charge in [-0.05, 0) is 18.6 Å². The molecule has 0 saturated carbocycles. The topological polar surface area (TPSA) is 63.4 Å². The van der Waals surface area contributed by atoms with E-state index in [1.165, 1.54) is 18.2 Å². The molecule has 0 unspecified atom stereocenters. The Morgan fingerprint density at radius 3 is 2.31 bits per heavy atom. The number of nitro benzene ring substituents is 1. The van der Waals surface area contributed by atoms with Gasteiger partial charge in [-0.25, -0.2) is 0 Å². The number of aryl methyl sites for hydroxylation is 1. The van der Waals surface area contributed by atoms with E-state index in [0.29, 0.717) is 5.56 Å². The van der Waals surface area contributed by atoms with E-state index >= 15 is 0 Å². The fourth-order valence-corrected chi connectivity index (χ4v) is 0.753. The van der Waals surface area contributed by atoms with Gasteiger partial charge in [0, 0.05) is 12.1 Å². The minimum Gasteiger partial charge on any atom is -0.508 e. The first-order valence-corrected chi connectivity index (χ1v) is 4.05. The van der Waals surface area contributed by atoms with E-state index in [-0.39, 0.29) is 11.4 Å². The van der Waals surface area contributed by atoms with E-state index in [1.807, 2.05) is 13.8 Å². The van der Waals surface area contributed by atoms with E-state index in [2.05, 4.69) is 0 Å². The average molecular weight is 183 g/mol. The normalized spacial score (nSPS) is 8.54. The van der Waals surface area contributed by atoms with Crippen molar-refractivity contribution < 1.29 is 10.0 Å². The minimum absolute atomic E-state index is 0.000278. The Bertz CT molecular complexity index is 297. The van der Waals surface area contributed by atoms with Crippen LogP contribution in [0.3, 0.4) is 0 Å². The molecule has 0 aromatic heterocycles. The van der Waals surface area contributed by atoms with Crippen LogP contribution in [-0.4, -0.2) is 10.0 Å². The number of non-ortho nitro benzene ring substituents is 1. The van der Waals surface area contributed by atoms with Crippen molar-refractivity contribution in [2.45, 2.75) is 20.8 Å². The molecule has 4 heteroatoms. The highest BCUT2D eigenvalue weighted by Crippen LogP contribution is 2.21. The van der Waals surface area contributed by atoms with Crippen molar-refractivity contribution in [2.75, 3.05) is 0 Å². The second-order valence-corrected chi connectivity index (χ2v) is 2.23. The van der Waals surface area contributed by atoms with Crippen molar-refractivity contribution in [3.05, 3.63) is 33.9 Å². The van der Waals surface area contributed by atoms with E-state index in [4.69, 9.17) is 5.11 Å². The monoisotopic (exact) mass is 183 g/mol. The zero-order valence-corrected chi connectivity index (χ0v) is 7.94. The zero-order valence-electron chi connectivity index (χ0n) is 7.94. The number of hydrogen-bond acceptors (Lipinski definition) is 3. The number of hydrogen-bond donors (Lipinski definition) is 1. The second kappa shape index (κ2) is 5.13. The van der Waals surface area contributed by atoms with Gasteiger partial charge in [-0.15, -0.1) is 0 Å². The van der Waals surface area contributed by atoms with Gasteiger partial charge in [0.25, 0.3) is 5.69 Å². The Morgan fingerprint density at radius 1 is 1.38 bits per heavy atom. The molecule has 0 aliphatic carbocycles. The molecule has 1 aromatic carbocycles. The van der Waals surface area contributed by atoms with Gasteiger partial charge in [-0.2, -0.15) is 0 Å². The summed E-state index contributed by atoms with van der Waals surface area (Å²) in [6.45, 7) is 5.61. The van der Waals surface area contributed by atoms with E-state index in [0.717, 1.165) is 0 Å². The number of phenolic OH excluding ortho intramolecular Hbond substituents is 1. The van der Waals surface area contributed by atoms with Gasteiger partial charge in [-0.3, -0.25) is 10.1 Å². The summed E-state index contributed by atoms with van der Waals surface area (Å²) >= 11 is 0. The van der Waals surface area contributed by atoms with E-state index in [9.17, 15) is 10.1 Å². The van der Waals surface area contributed by atoms with Crippen LogP contribution in [0.4, 0.5) is 5.69 Å². The maximum atomic E-state index is 10.2. The second-order valence-electron chi connectivity index (χ2n) is 2.23. The largest absolute Gasteiger partial charge is 0.508 e. The molecular formula is C9H13NO3. The highest BCUT2D eigenvalue weighted by Gasteiger charge is 2.05. The Balaban J connectivity index is 0.000000671. The number of nitro groups is 1. The molecule has 0 aliphatic rings. The third kappa shape index (κ3) is 3.11. The SMILES string of the molecule is CC.Cc1cc([N+](=O)[O-])ccc1O. The molecule has 0 radical (unpaired) electrons. The van der Waals surface area contributed by atoms with Crippen LogP contribution in [0.1, 0.15) is 19.4 Å². The molecule has 0 bridgehead atoms. The van der Waals surface area contributed by atoms with Crippen molar-refractivity contribution in [3.63, 3.8) is 0 Å². The summed E-state index contributed by atoms with van der Waals surface area (Å²) in [4.78, 5) is 9.69. The summed E-state index contributed by atoms with van der Waals surface area (Å²) in [5, 5.41) is 19.2. The maximum Gasteiger partial charge on any atom is 0.269 e. The van der Waals surface area contributed by atoms with Crippen molar-refractivity contribution in [1.29, 1.82) is 0 Å². The number of benzene rings is 1. The summed E-state index contributed by atoms with van der Waals surface area (Å²) in [6.07, 6.45) is 0. The summed E-state index contributed by atoms with van der Waals surface area (Å²) in [7, 11) is 0. The van der Waals surface area contributed by atoms with Crippen LogP contribution in [0, 0.1) is 17.0 Å². The number of aromatic hydroxyl groups is 1. The summed E-state index contributed by atoms with van der Waals surface area (Å²) in [6, 6.07) is 3.91. The molecule has 0 amide bonds. The first-order chi connectivity index (χ1) is 6.11. The average Bonchev–Trinajstić information content (AvgIpc) is 2.13. The minimum atomic E-state index is -0.494. The quantitative estimate of drug-likeness (QED) is 0.537. The lowest BCUT2D eigenvalue weighted by atomic mass is 10.2. The van der Waals surface area contributed by atoms with Gasteiger partial charge in [0.2, 0.25) is 0 Å². The van der Waals surface area contributed by atoms with Gasteiger partial charge in [-0.1, -0.05) is 13.8 Å². The molecule has 0 heterocycles. The van der Waals surface area contributed by atoms with Crippen LogP contribution in [0.25, 0.3) is 0 Å². The fourth-order valence-electron chi connectivity index (χ4n) is 0.753. The molecule has 1 aromatic rings. The van der Waals surface area contributed by atoms with Crippen LogP contribution in [-0.2, 0) is 0 Å². The highest BCUT2D eigenvalue weighted by atomic mass is 16.6. The zero-order chi connectivity index (χ0) is 10.4. The lowest BCUT2D eigenvalue weighted by molar-refractivity contribution is -0.384. The van der Waals surface area contributed by atoms with Crippen molar-refractivity contribution >= 4 is 5.69 Å². The maximum absolute atomic E-state index is 10.2.